The number of nitrogens with zero attached hydrogens (tertiary/aromatic N) is 2. The van der Waals surface area contributed by atoms with Crippen molar-refractivity contribution in [3.8, 4) is 0 Å². The van der Waals surface area contributed by atoms with E-state index < -0.39 is 0 Å². The first-order valence-corrected chi connectivity index (χ1v) is 12.2. The second kappa shape index (κ2) is 10.3. The largest absolute Gasteiger partial charge is 0.341 e. The smallest absolute Gasteiger partial charge is 0.240 e. The van der Waals surface area contributed by atoms with Gasteiger partial charge in [-0.05, 0) is 75.5 Å². The lowest BCUT2D eigenvalue weighted by atomic mass is 9.74. The number of benzene rings is 2. The van der Waals surface area contributed by atoms with Gasteiger partial charge in [0.1, 0.15) is 5.82 Å². The number of fused-ring (bicyclic) bond motifs is 2. The summed E-state index contributed by atoms with van der Waals surface area (Å²) in [5, 5.41) is 6.55. The fraction of sp³-hybridized carbons (Fsp3) is 0.519. The van der Waals surface area contributed by atoms with Crippen LogP contribution in [0.25, 0.3) is 0 Å². The average Bonchev–Trinajstić information content (AvgIpc) is 2.82. The molecular formula is C27H37FN4O. The minimum absolute atomic E-state index is 0.0179. The molecule has 2 aliphatic heterocycles. The molecule has 2 aromatic rings. The van der Waals surface area contributed by atoms with Crippen LogP contribution in [0, 0.1) is 12.7 Å². The third kappa shape index (κ3) is 5.13. The molecule has 5 nitrogen and oxygen atoms in total. The van der Waals surface area contributed by atoms with E-state index in [9.17, 15) is 9.18 Å². The number of nitrogens with one attached hydrogen (secondary N) is 2. The van der Waals surface area contributed by atoms with Crippen LogP contribution in [0.3, 0.4) is 0 Å². The summed E-state index contributed by atoms with van der Waals surface area (Å²) in [5.74, 6) is -0.106. The summed E-state index contributed by atoms with van der Waals surface area (Å²) in [5.41, 5.74) is 5.22. The highest BCUT2D eigenvalue weighted by Gasteiger charge is 2.44. The zero-order valence-electron chi connectivity index (χ0n) is 20.2. The van der Waals surface area contributed by atoms with Crippen LogP contribution in [0.1, 0.15) is 35.1 Å². The van der Waals surface area contributed by atoms with Gasteiger partial charge in [-0.1, -0.05) is 35.9 Å². The molecule has 2 aliphatic rings. The molecule has 178 valence electrons. The summed E-state index contributed by atoms with van der Waals surface area (Å²) in [4.78, 5) is 18.1. The van der Waals surface area contributed by atoms with E-state index in [1.165, 1.54) is 28.8 Å². The van der Waals surface area contributed by atoms with Gasteiger partial charge in [0.05, 0.1) is 6.04 Å². The molecular weight excluding hydrogens is 415 g/mol. The first kappa shape index (κ1) is 23.9. The Kier molecular flexibility index (Phi) is 7.47. The number of amides is 1. The van der Waals surface area contributed by atoms with E-state index >= 15 is 0 Å². The molecule has 0 aliphatic carbocycles. The van der Waals surface area contributed by atoms with E-state index in [-0.39, 0.29) is 23.3 Å². The van der Waals surface area contributed by atoms with Gasteiger partial charge in [-0.15, -0.1) is 0 Å². The molecule has 0 saturated carbocycles. The maximum Gasteiger partial charge on any atom is 0.240 e. The molecule has 0 aromatic heterocycles. The van der Waals surface area contributed by atoms with Crippen molar-refractivity contribution in [3.05, 3.63) is 70.5 Å². The Bertz CT molecular complexity index is 953. The molecule has 1 fully saturated rings. The van der Waals surface area contributed by atoms with Gasteiger partial charge < -0.3 is 15.5 Å². The van der Waals surface area contributed by atoms with Gasteiger partial charge in [-0.3, -0.25) is 9.69 Å². The van der Waals surface area contributed by atoms with Gasteiger partial charge >= 0.3 is 0 Å². The van der Waals surface area contributed by atoms with Crippen LogP contribution < -0.4 is 10.6 Å². The normalized spacial score (nSPS) is 18.8. The molecule has 0 bridgehead atoms. The SMILES string of the molecule is CNCCN[C@H](Cc1ccc(F)cc1)C(=O)N1CCC2(CC1)c1ccc(C)cc1CCN2C. The molecule has 1 saturated heterocycles. The Balaban J connectivity index is 1.48. The summed E-state index contributed by atoms with van der Waals surface area (Å²) in [6.45, 7) is 6.23. The second-order valence-corrected chi connectivity index (χ2v) is 9.63. The number of likely N-dealkylation sites (tertiary alicyclic amines) is 1. The van der Waals surface area contributed by atoms with Gasteiger partial charge in [-0.25, -0.2) is 4.39 Å². The van der Waals surface area contributed by atoms with Crippen LogP contribution in [-0.2, 0) is 23.2 Å². The fourth-order valence-electron chi connectivity index (χ4n) is 5.53. The van der Waals surface area contributed by atoms with Crippen LogP contribution in [-0.4, -0.2) is 68.6 Å². The van der Waals surface area contributed by atoms with Crippen LogP contribution in [0.2, 0.25) is 0 Å². The fourth-order valence-corrected chi connectivity index (χ4v) is 5.53. The van der Waals surface area contributed by atoms with Crippen molar-refractivity contribution in [1.82, 2.24) is 20.4 Å². The number of hydrogen-bond acceptors (Lipinski definition) is 4. The first-order chi connectivity index (χ1) is 15.9. The summed E-state index contributed by atoms with van der Waals surface area (Å²) in [7, 11) is 4.14. The topological polar surface area (TPSA) is 47.6 Å². The molecule has 6 heteroatoms. The van der Waals surface area contributed by atoms with Gasteiger partial charge in [0, 0.05) is 38.3 Å². The van der Waals surface area contributed by atoms with Crippen LogP contribution in [0.4, 0.5) is 4.39 Å². The maximum absolute atomic E-state index is 13.6. The number of halogens is 1. The number of hydrogen-bond donors (Lipinski definition) is 2. The van der Waals surface area contributed by atoms with Gasteiger partial charge in [-0.2, -0.15) is 0 Å². The highest BCUT2D eigenvalue weighted by atomic mass is 19.1. The molecule has 33 heavy (non-hydrogen) atoms. The lowest BCUT2D eigenvalue weighted by Crippen LogP contribution is -2.58. The Morgan fingerprint density at radius 1 is 1.09 bits per heavy atom. The van der Waals surface area contributed by atoms with Crippen molar-refractivity contribution in [3.63, 3.8) is 0 Å². The van der Waals surface area contributed by atoms with Crippen molar-refractivity contribution in [1.29, 1.82) is 0 Å². The van der Waals surface area contributed by atoms with Gasteiger partial charge in [0.15, 0.2) is 0 Å². The average molecular weight is 453 g/mol. The molecule has 2 aromatic carbocycles. The lowest BCUT2D eigenvalue weighted by molar-refractivity contribution is -0.136. The van der Waals surface area contributed by atoms with Crippen LogP contribution in [0.5, 0.6) is 0 Å². The molecule has 1 atom stereocenters. The highest BCUT2D eigenvalue weighted by molar-refractivity contribution is 5.82. The molecule has 2 N–H and O–H groups in total. The van der Waals surface area contributed by atoms with Crippen molar-refractivity contribution >= 4 is 5.91 Å². The predicted molar refractivity (Wildman–Crippen MR) is 131 cm³/mol. The van der Waals surface area contributed by atoms with E-state index in [0.717, 1.165) is 51.0 Å². The number of rotatable bonds is 7. The van der Waals surface area contributed by atoms with E-state index in [2.05, 4.69) is 47.7 Å². The van der Waals surface area contributed by atoms with Crippen molar-refractivity contribution in [2.75, 3.05) is 46.8 Å². The number of carbonyl (C=O) groups is 1. The van der Waals surface area contributed by atoms with Crippen molar-refractivity contribution in [2.24, 2.45) is 0 Å². The van der Waals surface area contributed by atoms with Crippen LogP contribution >= 0.6 is 0 Å². The molecule has 1 spiro atoms. The van der Waals surface area contributed by atoms with E-state index in [0.29, 0.717) is 13.0 Å². The highest BCUT2D eigenvalue weighted by Crippen LogP contribution is 2.43. The summed E-state index contributed by atoms with van der Waals surface area (Å²) >= 11 is 0. The molecule has 1 amide bonds. The summed E-state index contributed by atoms with van der Waals surface area (Å²) in [6, 6.07) is 13.0. The molecule has 0 unspecified atom stereocenters. The third-order valence-corrected chi connectivity index (χ3v) is 7.53. The van der Waals surface area contributed by atoms with Crippen molar-refractivity contribution < 1.29 is 9.18 Å². The first-order valence-electron chi connectivity index (χ1n) is 12.2. The number of aryl methyl sites for hydroxylation is 1. The second-order valence-electron chi connectivity index (χ2n) is 9.63. The minimum atomic E-state index is -0.308. The zero-order chi connectivity index (χ0) is 23.4. The lowest BCUT2D eigenvalue weighted by Gasteiger charge is -2.51. The predicted octanol–water partition coefficient (Wildman–Crippen LogP) is 2.86. The molecule has 0 radical (unpaired) electrons. The van der Waals surface area contributed by atoms with Crippen molar-refractivity contribution in [2.45, 2.75) is 44.2 Å². The van der Waals surface area contributed by atoms with E-state index in [4.69, 9.17) is 0 Å². The standard InChI is InChI=1S/C27H37FN4O/c1-20-4-9-24-22(18-20)10-15-31(3)27(24)11-16-32(17-12-27)26(33)25(30-14-13-29-2)19-21-5-7-23(28)8-6-21/h4-9,18,25,29-30H,10-17,19H2,1-3H3/t25-/m1/s1. The summed E-state index contributed by atoms with van der Waals surface area (Å²) in [6.07, 6.45) is 3.55. The van der Waals surface area contributed by atoms with Gasteiger partial charge in [0.25, 0.3) is 0 Å². The number of piperidine rings is 1. The van der Waals surface area contributed by atoms with E-state index in [1.807, 2.05) is 11.9 Å². The quantitative estimate of drug-likeness (QED) is 0.635. The molecule has 2 heterocycles. The zero-order valence-corrected chi connectivity index (χ0v) is 20.2. The third-order valence-electron chi connectivity index (χ3n) is 7.53. The molecule has 4 rings (SSSR count). The van der Waals surface area contributed by atoms with E-state index in [1.54, 1.807) is 12.1 Å². The summed E-state index contributed by atoms with van der Waals surface area (Å²) < 4.78 is 13.4. The Morgan fingerprint density at radius 3 is 2.52 bits per heavy atom. The van der Waals surface area contributed by atoms with Crippen LogP contribution in [0.15, 0.2) is 42.5 Å². The number of carbonyl (C=O) groups excluding carboxylic acids is 1. The Hall–Kier alpha value is -2.28. The minimum Gasteiger partial charge on any atom is -0.341 e. The maximum atomic E-state index is 13.6. The Morgan fingerprint density at radius 2 is 1.82 bits per heavy atom. The van der Waals surface area contributed by atoms with Gasteiger partial charge in [0.2, 0.25) is 5.91 Å². The number of likely N-dealkylation sites (N-methyl/N-ethyl adjacent to an activating group) is 2. The Labute approximate surface area is 197 Å². The monoisotopic (exact) mass is 452 g/mol.